The molecule has 0 bridgehead atoms. The number of halogens is 1. The van der Waals surface area contributed by atoms with Crippen LogP contribution in [0.3, 0.4) is 0 Å². The molecule has 5 nitrogen and oxygen atoms in total. The molecule has 0 aliphatic heterocycles. The summed E-state index contributed by atoms with van der Waals surface area (Å²) in [5, 5.41) is 8.23. The number of carbonyl (C=O) groups is 1. The van der Waals surface area contributed by atoms with E-state index < -0.39 is 0 Å². The maximum atomic E-state index is 12.2. The average molecular weight is 442 g/mol. The Hall–Kier alpha value is -2.51. The number of thioether (sulfide) groups is 1. The van der Waals surface area contributed by atoms with Crippen LogP contribution >= 0.6 is 27.7 Å². The van der Waals surface area contributed by atoms with E-state index in [0.717, 1.165) is 26.0 Å². The number of nitrogens with one attached hydrogen (secondary N) is 1. The zero-order valence-corrected chi connectivity index (χ0v) is 16.9. The number of aryl methyl sites for hydroxylation is 1. The van der Waals surface area contributed by atoms with Crippen molar-refractivity contribution in [2.24, 2.45) is 7.05 Å². The number of hydrogen-bond donors (Lipinski definition) is 1. The van der Waals surface area contributed by atoms with Crippen molar-refractivity contribution in [1.82, 2.24) is 9.78 Å². The standard InChI is InChI=1S/C20H16BrN3O2S/c1-24-16(18-10-13-9-14(21)7-8-17(13)26-18)11-19(23-24)22-20(25)12-27-15-5-3-2-4-6-15/h2-11H,12H2,1H3,(H,22,23,25). The Bertz CT molecular complexity index is 1110. The van der Waals surface area contributed by atoms with Gasteiger partial charge in [-0.15, -0.1) is 11.8 Å². The number of benzene rings is 2. The van der Waals surface area contributed by atoms with Gasteiger partial charge in [-0.05, 0) is 36.4 Å². The largest absolute Gasteiger partial charge is 0.454 e. The molecule has 0 aliphatic rings. The van der Waals surface area contributed by atoms with E-state index in [1.54, 1.807) is 4.68 Å². The Morgan fingerprint density at radius 2 is 2.00 bits per heavy atom. The van der Waals surface area contributed by atoms with Crippen LogP contribution in [0, 0.1) is 0 Å². The molecule has 2 aromatic carbocycles. The fourth-order valence-electron chi connectivity index (χ4n) is 2.74. The molecule has 2 aromatic heterocycles. The van der Waals surface area contributed by atoms with Crippen molar-refractivity contribution >= 4 is 50.4 Å². The lowest BCUT2D eigenvalue weighted by Crippen LogP contribution is -2.14. The molecule has 0 saturated carbocycles. The lowest BCUT2D eigenvalue weighted by molar-refractivity contribution is -0.113. The molecule has 0 saturated heterocycles. The minimum Gasteiger partial charge on any atom is -0.454 e. The number of aromatic nitrogens is 2. The first-order valence-corrected chi connectivity index (χ1v) is 10.1. The van der Waals surface area contributed by atoms with E-state index in [4.69, 9.17) is 4.42 Å². The van der Waals surface area contributed by atoms with Gasteiger partial charge in [-0.2, -0.15) is 5.10 Å². The number of nitrogens with zero attached hydrogens (tertiary/aromatic N) is 2. The van der Waals surface area contributed by atoms with Crippen LogP contribution in [0.25, 0.3) is 22.4 Å². The van der Waals surface area contributed by atoms with Crippen molar-refractivity contribution in [3.8, 4) is 11.5 Å². The molecule has 4 aromatic rings. The monoisotopic (exact) mass is 441 g/mol. The molecular formula is C20H16BrN3O2S. The molecule has 0 atom stereocenters. The van der Waals surface area contributed by atoms with Crippen molar-refractivity contribution in [3.05, 3.63) is 65.1 Å². The van der Waals surface area contributed by atoms with Crippen LogP contribution in [0.4, 0.5) is 5.82 Å². The highest BCUT2D eigenvalue weighted by Crippen LogP contribution is 2.30. The lowest BCUT2D eigenvalue weighted by Gasteiger charge is -2.01. The summed E-state index contributed by atoms with van der Waals surface area (Å²) in [6.07, 6.45) is 0. The summed E-state index contributed by atoms with van der Waals surface area (Å²) >= 11 is 4.96. The molecule has 0 radical (unpaired) electrons. The van der Waals surface area contributed by atoms with Crippen molar-refractivity contribution in [1.29, 1.82) is 0 Å². The minimum absolute atomic E-state index is 0.0953. The average Bonchev–Trinajstić information content (AvgIpc) is 3.23. The minimum atomic E-state index is -0.0953. The first-order chi connectivity index (χ1) is 13.1. The van der Waals surface area contributed by atoms with Gasteiger partial charge in [0, 0.05) is 27.9 Å². The maximum absolute atomic E-state index is 12.2. The summed E-state index contributed by atoms with van der Waals surface area (Å²) in [4.78, 5) is 13.3. The van der Waals surface area contributed by atoms with Gasteiger partial charge in [0.1, 0.15) is 11.3 Å². The summed E-state index contributed by atoms with van der Waals surface area (Å²) in [7, 11) is 1.83. The van der Waals surface area contributed by atoms with Crippen LogP contribution in [0.2, 0.25) is 0 Å². The topological polar surface area (TPSA) is 60.1 Å². The highest BCUT2D eigenvalue weighted by Gasteiger charge is 2.14. The van der Waals surface area contributed by atoms with Gasteiger partial charge in [-0.1, -0.05) is 34.1 Å². The Labute approximate surface area is 168 Å². The molecule has 7 heteroatoms. The van der Waals surface area contributed by atoms with E-state index >= 15 is 0 Å². The van der Waals surface area contributed by atoms with Crippen LogP contribution in [0.1, 0.15) is 0 Å². The van der Waals surface area contributed by atoms with Crippen molar-refractivity contribution < 1.29 is 9.21 Å². The molecule has 1 N–H and O–H groups in total. The van der Waals surface area contributed by atoms with E-state index in [0.29, 0.717) is 17.3 Å². The lowest BCUT2D eigenvalue weighted by atomic mass is 10.2. The summed E-state index contributed by atoms with van der Waals surface area (Å²) in [5.41, 5.74) is 1.60. The molecule has 136 valence electrons. The van der Waals surface area contributed by atoms with Gasteiger partial charge in [-0.25, -0.2) is 0 Å². The third-order valence-electron chi connectivity index (χ3n) is 3.99. The van der Waals surface area contributed by atoms with E-state index in [9.17, 15) is 4.79 Å². The second-order valence-electron chi connectivity index (χ2n) is 5.98. The molecule has 2 heterocycles. The van der Waals surface area contributed by atoms with Crippen LogP contribution in [0.5, 0.6) is 0 Å². The third kappa shape index (κ3) is 4.09. The summed E-state index contributed by atoms with van der Waals surface area (Å²) in [6, 6.07) is 19.5. The number of fused-ring (bicyclic) bond motifs is 1. The second kappa shape index (κ2) is 7.62. The zero-order valence-electron chi connectivity index (χ0n) is 14.5. The Balaban J connectivity index is 1.48. The van der Waals surface area contributed by atoms with E-state index in [-0.39, 0.29) is 5.91 Å². The molecule has 0 aliphatic carbocycles. The summed E-state index contributed by atoms with van der Waals surface area (Å²) < 4.78 is 8.61. The Kier molecular flexibility index (Phi) is 5.05. The predicted molar refractivity (Wildman–Crippen MR) is 112 cm³/mol. The Morgan fingerprint density at radius 1 is 1.19 bits per heavy atom. The van der Waals surface area contributed by atoms with E-state index in [1.165, 1.54) is 11.8 Å². The molecule has 1 amide bonds. The number of amides is 1. The highest BCUT2D eigenvalue weighted by atomic mass is 79.9. The highest BCUT2D eigenvalue weighted by molar-refractivity contribution is 9.10. The van der Waals surface area contributed by atoms with Gasteiger partial charge < -0.3 is 9.73 Å². The SMILES string of the molecule is Cn1nc(NC(=O)CSc2ccccc2)cc1-c1cc2cc(Br)ccc2o1. The molecule has 27 heavy (non-hydrogen) atoms. The van der Waals surface area contributed by atoms with Gasteiger partial charge in [-0.3, -0.25) is 9.48 Å². The first-order valence-electron chi connectivity index (χ1n) is 8.30. The fourth-order valence-corrected chi connectivity index (χ4v) is 3.84. The number of carbonyl (C=O) groups excluding carboxylic acids is 1. The number of anilines is 1. The smallest absolute Gasteiger partial charge is 0.235 e. The van der Waals surface area contributed by atoms with Crippen molar-refractivity contribution in [2.75, 3.05) is 11.1 Å². The fraction of sp³-hybridized carbons (Fsp3) is 0.100. The predicted octanol–water partition coefficient (Wildman–Crippen LogP) is 5.33. The zero-order chi connectivity index (χ0) is 18.8. The van der Waals surface area contributed by atoms with Crippen molar-refractivity contribution in [3.63, 3.8) is 0 Å². The Morgan fingerprint density at radius 3 is 2.81 bits per heavy atom. The third-order valence-corrected chi connectivity index (χ3v) is 5.50. The number of rotatable bonds is 5. The van der Waals surface area contributed by atoms with Gasteiger partial charge in [0.05, 0.1) is 5.75 Å². The van der Waals surface area contributed by atoms with Gasteiger partial charge in [0.25, 0.3) is 0 Å². The molecule has 0 fully saturated rings. The summed E-state index contributed by atoms with van der Waals surface area (Å²) in [6.45, 7) is 0. The summed E-state index contributed by atoms with van der Waals surface area (Å²) in [5.74, 6) is 1.45. The quantitative estimate of drug-likeness (QED) is 0.425. The number of furan rings is 1. The van der Waals surface area contributed by atoms with Crippen LogP contribution in [-0.4, -0.2) is 21.4 Å². The van der Waals surface area contributed by atoms with Gasteiger partial charge in [0.2, 0.25) is 5.91 Å². The normalized spacial score (nSPS) is 11.0. The molecule has 0 unspecified atom stereocenters. The number of hydrogen-bond acceptors (Lipinski definition) is 4. The molecule has 4 rings (SSSR count). The van der Waals surface area contributed by atoms with Crippen LogP contribution in [-0.2, 0) is 11.8 Å². The van der Waals surface area contributed by atoms with Gasteiger partial charge >= 0.3 is 0 Å². The van der Waals surface area contributed by atoms with Crippen molar-refractivity contribution in [2.45, 2.75) is 4.90 Å². The molecule has 0 spiro atoms. The second-order valence-corrected chi connectivity index (χ2v) is 7.95. The van der Waals surface area contributed by atoms with Crippen LogP contribution < -0.4 is 5.32 Å². The van der Waals surface area contributed by atoms with Crippen LogP contribution in [0.15, 0.2) is 74.4 Å². The van der Waals surface area contributed by atoms with E-state index in [2.05, 4.69) is 26.3 Å². The maximum Gasteiger partial charge on any atom is 0.235 e. The van der Waals surface area contributed by atoms with E-state index in [1.807, 2.05) is 67.7 Å². The van der Waals surface area contributed by atoms with Gasteiger partial charge in [0.15, 0.2) is 11.6 Å². The molecular weight excluding hydrogens is 426 g/mol. The first kappa shape index (κ1) is 17.9.